The molecule has 1 N–H and O–H groups in total. The Labute approximate surface area is 179 Å². The van der Waals surface area contributed by atoms with Crippen LogP contribution in [-0.4, -0.2) is 39.7 Å². The molecule has 3 rings (SSSR count). The van der Waals surface area contributed by atoms with Crippen LogP contribution in [0, 0.1) is 0 Å². The number of aliphatic imine (C=N–C) groups is 1. The quantitative estimate of drug-likeness (QED) is 0.648. The van der Waals surface area contributed by atoms with Crippen LogP contribution in [0.5, 0.6) is 0 Å². The van der Waals surface area contributed by atoms with Crippen LogP contribution in [0.4, 0.5) is 5.69 Å². The van der Waals surface area contributed by atoms with Crippen LogP contribution in [0.1, 0.15) is 58.3 Å². The third kappa shape index (κ3) is 5.60. The Hall–Kier alpha value is -1.34. The van der Waals surface area contributed by atoms with Gasteiger partial charge in [-0.1, -0.05) is 59.8 Å². The molecule has 2 aliphatic rings. The first-order chi connectivity index (χ1) is 13.6. The molecule has 0 bridgehead atoms. The minimum Gasteiger partial charge on any atom is -0.326 e. The lowest BCUT2D eigenvalue weighted by Gasteiger charge is -2.29. The number of amidine groups is 1. The first-order valence-corrected chi connectivity index (χ1v) is 11.9. The molecular formula is C21H28BrN3O2S. The van der Waals surface area contributed by atoms with Gasteiger partial charge < -0.3 is 5.32 Å². The largest absolute Gasteiger partial charge is 0.326 e. The molecule has 1 heterocycles. The van der Waals surface area contributed by atoms with E-state index in [0.29, 0.717) is 6.54 Å². The molecule has 1 aromatic rings. The second-order valence-electron chi connectivity index (χ2n) is 7.33. The van der Waals surface area contributed by atoms with Crippen LogP contribution in [0.2, 0.25) is 0 Å². The van der Waals surface area contributed by atoms with Crippen molar-refractivity contribution in [1.29, 1.82) is 0 Å². The van der Waals surface area contributed by atoms with Crippen molar-refractivity contribution in [3.63, 3.8) is 0 Å². The van der Waals surface area contributed by atoms with Crippen molar-refractivity contribution in [2.45, 2.75) is 69.6 Å². The Morgan fingerprint density at radius 2 is 1.82 bits per heavy atom. The van der Waals surface area contributed by atoms with Gasteiger partial charge in [0.1, 0.15) is 5.25 Å². The van der Waals surface area contributed by atoms with E-state index in [4.69, 9.17) is 0 Å². The van der Waals surface area contributed by atoms with Crippen molar-refractivity contribution in [2.75, 3.05) is 11.9 Å². The van der Waals surface area contributed by atoms with Crippen molar-refractivity contribution in [3.05, 3.63) is 28.7 Å². The van der Waals surface area contributed by atoms with E-state index in [1.54, 1.807) is 0 Å². The topological polar surface area (TPSA) is 61.8 Å². The predicted molar refractivity (Wildman–Crippen MR) is 120 cm³/mol. The Balaban J connectivity index is 1.66. The molecule has 2 fully saturated rings. The Bertz CT molecular complexity index is 715. The lowest BCUT2D eigenvalue weighted by Crippen LogP contribution is -2.42. The zero-order chi connectivity index (χ0) is 19.9. The standard InChI is InChI=1S/C21H28BrN3O2S/c1-2-23-21-25(17-8-6-4-3-5-7-9-17)20(27)18(28-21)14-19(26)24-16-12-10-15(22)11-13-16/h10-13,17-18H,2-9,14H2,1H3,(H,24,26)/t18-/m0/s1. The van der Waals surface area contributed by atoms with Crippen molar-refractivity contribution in [2.24, 2.45) is 4.99 Å². The summed E-state index contributed by atoms with van der Waals surface area (Å²) in [5, 5.41) is 3.31. The third-order valence-corrected chi connectivity index (χ3v) is 6.92. The average molecular weight is 466 g/mol. The smallest absolute Gasteiger partial charge is 0.242 e. The van der Waals surface area contributed by atoms with Crippen LogP contribution in [0.25, 0.3) is 0 Å². The summed E-state index contributed by atoms with van der Waals surface area (Å²) in [5.41, 5.74) is 0.739. The Morgan fingerprint density at radius 1 is 1.18 bits per heavy atom. The summed E-state index contributed by atoms with van der Waals surface area (Å²) in [6, 6.07) is 7.68. The monoisotopic (exact) mass is 465 g/mol. The molecule has 1 saturated carbocycles. The second-order valence-corrected chi connectivity index (χ2v) is 9.42. The highest BCUT2D eigenvalue weighted by molar-refractivity contribution is 9.10. The molecule has 1 saturated heterocycles. The van der Waals surface area contributed by atoms with E-state index >= 15 is 0 Å². The molecule has 1 atom stereocenters. The number of rotatable bonds is 5. The van der Waals surface area contributed by atoms with Gasteiger partial charge in [-0.3, -0.25) is 19.5 Å². The first-order valence-electron chi connectivity index (χ1n) is 10.2. The summed E-state index contributed by atoms with van der Waals surface area (Å²) >= 11 is 4.84. The molecular weight excluding hydrogens is 438 g/mol. The van der Waals surface area contributed by atoms with E-state index in [9.17, 15) is 9.59 Å². The summed E-state index contributed by atoms with van der Waals surface area (Å²) in [4.78, 5) is 32.2. The fourth-order valence-corrected chi connectivity index (χ4v) is 5.33. The van der Waals surface area contributed by atoms with E-state index in [-0.39, 0.29) is 29.5 Å². The summed E-state index contributed by atoms with van der Waals surface area (Å²) < 4.78 is 0.960. The molecule has 152 valence electrons. The third-order valence-electron chi connectivity index (χ3n) is 5.20. The molecule has 0 unspecified atom stereocenters. The molecule has 1 aliphatic heterocycles. The maximum absolute atomic E-state index is 13.2. The van der Waals surface area contributed by atoms with Crippen LogP contribution >= 0.6 is 27.7 Å². The van der Waals surface area contributed by atoms with Crippen LogP contribution in [0.15, 0.2) is 33.7 Å². The highest BCUT2D eigenvalue weighted by atomic mass is 79.9. The molecule has 1 aliphatic carbocycles. The number of halogens is 1. The van der Waals surface area contributed by atoms with E-state index in [1.165, 1.54) is 31.0 Å². The number of nitrogens with one attached hydrogen (secondary N) is 1. The molecule has 1 aromatic carbocycles. The average Bonchev–Trinajstić information content (AvgIpc) is 2.93. The fourth-order valence-electron chi connectivity index (χ4n) is 3.80. The molecule has 0 spiro atoms. The summed E-state index contributed by atoms with van der Waals surface area (Å²) in [6.07, 6.45) is 8.34. The van der Waals surface area contributed by atoms with Gasteiger partial charge in [0.15, 0.2) is 5.17 Å². The van der Waals surface area contributed by atoms with Gasteiger partial charge in [0.25, 0.3) is 0 Å². The fraction of sp³-hybridized carbons (Fsp3) is 0.571. The lowest BCUT2D eigenvalue weighted by atomic mass is 9.95. The van der Waals surface area contributed by atoms with Gasteiger partial charge in [-0.15, -0.1) is 0 Å². The molecule has 2 amide bonds. The Kier molecular flexibility index (Phi) is 7.97. The first kappa shape index (κ1) is 21.4. The summed E-state index contributed by atoms with van der Waals surface area (Å²) in [6.45, 7) is 2.64. The number of nitrogens with zero attached hydrogens (tertiary/aromatic N) is 2. The van der Waals surface area contributed by atoms with Gasteiger partial charge in [-0.2, -0.15) is 0 Å². The normalized spacial score (nSPS) is 22.9. The van der Waals surface area contributed by atoms with E-state index in [0.717, 1.165) is 41.0 Å². The lowest BCUT2D eigenvalue weighted by molar-refractivity contribution is -0.129. The van der Waals surface area contributed by atoms with Crippen LogP contribution in [-0.2, 0) is 9.59 Å². The Morgan fingerprint density at radius 3 is 2.46 bits per heavy atom. The summed E-state index contributed by atoms with van der Waals surface area (Å²) in [7, 11) is 0. The number of hydrogen-bond donors (Lipinski definition) is 1. The maximum atomic E-state index is 13.2. The number of carbonyl (C=O) groups excluding carboxylic acids is 2. The minimum absolute atomic E-state index is 0.0497. The molecule has 5 nitrogen and oxygen atoms in total. The zero-order valence-electron chi connectivity index (χ0n) is 16.3. The van der Waals surface area contributed by atoms with Gasteiger partial charge in [-0.05, 0) is 44.0 Å². The van der Waals surface area contributed by atoms with E-state index in [2.05, 4.69) is 26.2 Å². The zero-order valence-corrected chi connectivity index (χ0v) is 18.7. The van der Waals surface area contributed by atoms with Gasteiger partial charge in [0.05, 0.1) is 0 Å². The second kappa shape index (κ2) is 10.4. The van der Waals surface area contributed by atoms with Gasteiger partial charge in [0, 0.05) is 29.2 Å². The number of hydrogen-bond acceptors (Lipinski definition) is 4. The van der Waals surface area contributed by atoms with Crippen molar-refractivity contribution in [3.8, 4) is 0 Å². The molecule has 0 aromatic heterocycles. The maximum Gasteiger partial charge on any atom is 0.242 e. The van der Waals surface area contributed by atoms with Gasteiger partial charge in [-0.25, -0.2) is 0 Å². The van der Waals surface area contributed by atoms with Crippen LogP contribution < -0.4 is 5.32 Å². The summed E-state index contributed by atoms with van der Waals surface area (Å²) in [5.74, 6) is -0.0859. The number of anilines is 1. The number of benzene rings is 1. The van der Waals surface area contributed by atoms with Crippen molar-refractivity contribution >= 4 is 50.4 Å². The highest BCUT2D eigenvalue weighted by Crippen LogP contribution is 2.35. The number of carbonyl (C=O) groups is 2. The minimum atomic E-state index is -0.383. The van der Waals surface area contributed by atoms with Crippen molar-refractivity contribution < 1.29 is 9.59 Å². The van der Waals surface area contributed by atoms with Crippen molar-refractivity contribution in [1.82, 2.24) is 4.90 Å². The molecule has 0 radical (unpaired) electrons. The van der Waals surface area contributed by atoms with E-state index in [1.807, 2.05) is 36.1 Å². The molecule has 28 heavy (non-hydrogen) atoms. The molecule has 7 heteroatoms. The number of thioether (sulfide) groups is 1. The van der Waals surface area contributed by atoms with Gasteiger partial charge in [0.2, 0.25) is 11.8 Å². The van der Waals surface area contributed by atoms with E-state index < -0.39 is 0 Å². The van der Waals surface area contributed by atoms with Crippen LogP contribution in [0.3, 0.4) is 0 Å². The SMILES string of the molecule is CCN=C1S[C@@H](CC(=O)Nc2ccc(Br)cc2)C(=O)N1C1CCCCCCC1. The highest BCUT2D eigenvalue weighted by Gasteiger charge is 2.42. The predicted octanol–water partition coefficient (Wildman–Crippen LogP) is 5.21. The van der Waals surface area contributed by atoms with Gasteiger partial charge >= 0.3 is 0 Å². The number of amides is 2.